The number of hydrogen-bond acceptors (Lipinski definition) is 6. The van der Waals surface area contributed by atoms with Crippen LogP contribution in [0.1, 0.15) is 62.4 Å². The summed E-state index contributed by atoms with van der Waals surface area (Å²) in [6.45, 7) is 7.75. The smallest absolute Gasteiger partial charge is 0.407 e. The topological polar surface area (TPSA) is 83.1 Å². The third kappa shape index (κ3) is 5.12. The summed E-state index contributed by atoms with van der Waals surface area (Å²) < 4.78 is 22.4. The average molecular weight is 440 g/mol. The lowest BCUT2D eigenvalue weighted by molar-refractivity contribution is 0.0259. The number of esters is 1. The number of nitrogens with one attached hydrogen (secondary N) is 1. The van der Waals surface area contributed by atoms with E-state index >= 15 is 0 Å². The third-order valence-corrected chi connectivity index (χ3v) is 5.80. The van der Waals surface area contributed by atoms with Crippen LogP contribution in [0.15, 0.2) is 6.07 Å². The Kier molecular flexibility index (Phi) is 6.70. The standard InChI is InChI=1S/C22H30ClNO6/c1-12-15(20(25)27-5)10-16(23)19-18(12)29-17(11-28-19)13-6-8-14(9-7-13)24-21(26)30-22(2,3)4/h10,13-14,17H,6-9,11H2,1-5H3,(H,24,26)/t13?,14?,17-/m0/s1. The van der Waals surface area contributed by atoms with Crippen LogP contribution in [0, 0.1) is 12.8 Å². The van der Waals surface area contributed by atoms with E-state index in [4.69, 9.17) is 30.5 Å². The normalized spacial score (nSPS) is 23.5. The maximum absolute atomic E-state index is 12.0. The van der Waals surface area contributed by atoms with Gasteiger partial charge >= 0.3 is 12.1 Å². The lowest BCUT2D eigenvalue weighted by atomic mass is 9.82. The molecule has 0 saturated heterocycles. The van der Waals surface area contributed by atoms with Crippen molar-refractivity contribution in [2.24, 2.45) is 5.92 Å². The van der Waals surface area contributed by atoms with Crippen LogP contribution in [0.5, 0.6) is 11.5 Å². The van der Waals surface area contributed by atoms with Gasteiger partial charge in [-0.25, -0.2) is 9.59 Å². The van der Waals surface area contributed by atoms with Crippen LogP contribution in [0.25, 0.3) is 0 Å². The Hall–Kier alpha value is -2.15. The number of benzene rings is 1. The van der Waals surface area contributed by atoms with Crippen LogP contribution >= 0.6 is 11.6 Å². The van der Waals surface area contributed by atoms with Crippen molar-refractivity contribution in [1.82, 2.24) is 5.32 Å². The van der Waals surface area contributed by atoms with Gasteiger partial charge in [-0.15, -0.1) is 0 Å². The Bertz CT molecular complexity index is 811. The molecule has 1 aliphatic carbocycles. The lowest BCUT2D eigenvalue weighted by Gasteiger charge is -2.37. The van der Waals surface area contributed by atoms with Crippen molar-refractivity contribution in [3.8, 4) is 11.5 Å². The highest BCUT2D eigenvalue weighted by Gasteiger charge is 2.35. The van der Waals surface area contributed by atoms with Gasteiger partial charge in [0.25, 0.3) is 0 Å². The summed E-state index contributed by atoms with van der Waals surface area (Å²) in [6, 6.07) is 1.65. The minimum Gasteiger partial charge on any atom is -0.484 e. The average Bonchev–Trinajstić information content (AvgIpc) is 2.69. The monoisotopic (exact) mass is 439 g/mol. The summed E-state index contributed by atoms with van der Waals surface area (Å²) >= 11 is 6.30. The van der Waals surface area contributed by atoms with Crippen molar-refractivity contribution in [3.05, 3.63) is 22.2 Å². The first-order valence-corrected chi connectivity index (χ1v) is 10.7. The largest absolute Gasteiger partial charge is 0.484 e. The summed E-state index contributed by atoms with van der Waals surface area (Å²) in [5.74, 6) is 0.804. The molecule has 1 aliphatic heterocycles. The molecule has 0 bridgehead atoms. The second-order valence-corrected chi connectivity index (χ2v) is 9.31. The molecule has 0 aromatic heterocycles. The number of carbonyl (C=O) groups excluding carboxylic acids is 2. The molecule has 0 spiro atoms. The Morgan fingerprint density at radius 2 is 1.83 bits per heavy atom. The van der Waals surface area contributed by atoms with Crippen molar-refractivity contribution >= 4 is 23.7 Å². The highest BCUT2D eigenvalue weighted by atomic mass is 35.5. The minimum absolute atomic E-state index is 0.0926. The fourth-order valence-corrected chi connectivity index (χ4v) is 4.24. The van der Waals surface area contributed by atoms with E-state index in [0.717, 1.165) is 25.7 Å². The number of alkyl carbamates (subject to hydrolysis) is 1. The highest BCUT2D eigenvalue weighted by Crippen LogP contribution is 2.44. The summed E-state index contributed by atoms with van der Waals surface area (Å²) in [5, 5.41) is 3.29. The predicted octanol–water partition coefficient (Wildman–Crippen LogP) is 4.66. The van der Waals surface area contributed by atoms with E-state index in [-0.39, 0.29) is 24.2 Å². The van der Waals surface area contributed by atoms with Gasteiger partial charge in [0.15, 0.2) is 11.5 Å². The molecule has 1 heterocycles. The molecule has 1 atom stereocenters. The first kappa shape index (κ1) is 22.5. The number of carbonyl (C=O) groups is 2. The van der Waals surface area contributed by atoms with Gasteiger partial charge in [0.1, 0.15) is 18.3 Å². The van der Waals surface area contributed by atoms with Crippen LogP contribution in [0.3, 0.4) is 0 Å². The van der Waals surface area contributed by atoms with Gasteiger partial charge in [-0.1, -0.05) is 11.6 Å². The highest BCUT2D eigenvalue weighted by molar-refractivity contribution is 6.32. The Balaban J connectivity index is 1.62. The van der Waals surface area contributed by atoms with E-state index in [0.29, 0.717) is 34.3 Å². The SMILES string of the molecule is COC(=O)c1cc(Cl)c2c(c1C)O[C@H](C1CCC(NC(=O)OC(C)(C)C)CC1)CO2. The Morgan fingerprint density at radius 3 is 2.43 bits per heavy atom. The van der Waals surface area contributed by atoms with Gasteiger partial charge in [-0.2, -0.15) is 0 Å². The number of ether oxygens (including phenoxy) is 4. The Labute approximate surface area is 182 Å². The zero-order valence-corrected chi connectivity index (χ0v) is 18.9. The maximum Gasteiger partial charge on any atom is 0.407 e. The first-order chi connectivity index (χ1) is 14.1. The molecule has 3 rings (SSSR count). The zero-order valence-electron chi connectivity index (χ0n) is 18.2. The van der Waals surface area contributed by atoms with Crippen molar-refractivity contribution < 1.29 is 28.5 Å². The summed E-state index contributed by atoms with van der Waals surface area (Å²) in [7, 11) is 1.33. The number of hydrogen-bond donors (Lipinski definition) is 1. The molecule has 1 aromatic rings. The number of amides is 1. The second kappa shape index (κ2) is 8.92. The van der Waals surface area contributed by atoms with Gasteiger partial charge in [0.05, 0.1) is 17.7 Å². The van der Waals surface area contributed by atoms with Crippen molar-refractivity contribution in [1.29, 1.82) is 0 Å². The molecule has 1 N–H and O–H groups in total. The van der Waals surface area contributed by atoms with E-state index in [2.05, 4.69) is 5.32 Å². The van der Waals surface area contributed by atoms with Gasteiger partial charge in [0.2, 0.25) is 0 Å². The molecule has 1 fully saturated rings. The quantitative estimate of drug-likeness (QED) is 0.689. The number of methoxy groups -OCH3 is 1. The predicted molar refractivity (Wildman–Crippen MR) is 113 cm³/mol. The van der Waals surface area contributed by atoms with E-state index in [1.807, 2.05) is 20.8 Å². The lowest BCUT2D eigenvalue weighted by Crippen LogP contribution is -2.44. The van der Waals surface area contributed by atoms with Crippen molar-refractivity contribution in [3.63, 3.8) is 0 Å². The Morgan fingerprint density at radius 1 is 1.17 bits per heavy atom. The van der Waals surface area contributed by atoms with E-state index in [9.17, 15) is 9.59 Å². The van der Waals surface area contributed by atoms with Crippen LogP contribution in [0.4, 0.5) is 4.79 Å². The van der Waals surface area contributed by atoms with E-state index in [1.165, 1.54) is 7.11 Å². The fourth-order valence-electron chi connectivity index (χ4n) is 3.99. The molecule has 0 radical (unpaired) electrons. The van der Waals surface area contributed by atoms with E-state index < -0.39 is 11.6 Å². The second-order valence-electron chi connectivity index (χ2n) is 8.91. The van der Waals surface area contributed by atoms with Gasteiger partial charge in [-0.05, 0) is 65.4 Å². The molecule has 7 nitrogen and oxygen atoms in total. The molecule has 1 amide bonds. The number of fused-ring (bicyclic) bond motifs is 1. The third-order valence-electron chi connectivity index (χ3n) is 5.52. The summed E-state index contributed by atoms with van der Waals surface area (Å²) in [5.41, 5.74) is 0.520. The summed E-state index contributed by atoms with van der Waals surface area (Å²) in [6.07, 6.45) is 2.97. The molecule has 1 saturated carbocycles. The van der Waals surface area contributed by atoms with E-state index in [1.54, 1.807) is 13.0 Å². The van der Waals surface area contributed by atoms with Crippen LogP contribution < -0.4 is 14.8 Å². The number of rotatable bonds is 3. The zero-order chi connectivity index (χ0) is 22.1. The van der Waals surface area contributed by atoms with Crippen LogP contribution in [-0.4, -0.2) is 43.5 Å². The van der Waals surface area contributed by atoms with Gasteiger partial charge in [0, 0.05) is 11.6 Å². The van der Waals surface area contributed by atoms with Crippen LogP contribution in [-0.2, 0) is 9.47 Å². The molecule has 1 aromatic carbocycles. The molecular formula is C22H30ClNO6. The van der Waals surface area contributed by atoms with Gasteiger partial charge < -0.3 is 24.3 Å². The summed E-state index contributed by atoms with van der Waals surface area (Å²) in [4.78, 5) is 24.0. The molecular weight excluding hydrogens is 410 g/mol. The maximum atomic E-state index is 12.0. The first-order valence-electron chi connectivity index (χ1n) is 10.3. The fraction of sp³-hybridized carbons (Fsp3) is 0.636. The van der Waals surface area contributed by atoms with Gasteiger partial charge in [-0.3, -0.25) is 0 Å². The molecule has 0 unspecified atom stereocenters. The van der Waals surface area contributed by atoms with Crippen molar-refractivity contribution in [2.45, 2.75) is 71.1 Å². The van der Waals surface area contributed by atoms with Crippen molar-refractivity contribution in [2.75, 3.05) is 13.7 Å². The molecule has 8 heteroatoms. The van der Waals surface area contributed by atoms with Crippen LogP contribution in [0.2, 0.25) is 5.02 Å². The molecule has 2 aliphatic rings. The number of halogens is 1. The molecule has 166 valence electrons. The minimum atomic E-state index is -0.510. The molecule has 30 heavy (non-hydrogen) atoms.